The van der Waals surface area contributed by atoms with Crippen LogP contribution in [0.5, 0.6) is 17.2 Å². The van der Waals surface area contributed by atoms with Crippen molar-refractivity contribution in [3.8, 4) is 17.2 Å². The summed E-state index contributed by atoms with van der Waals surface area (Å²) >= 11 is 0. The van der Waals surface area contributed by atoms with Gasteiger partial charge in [-0.1, -0.05) is 0 Å². The van der Waals surface area contributed by atoms with E-state index in [0.29, 0.717) is 0 Å². The minimum absolute atomic E-state index is 0.0404. The molecular formula is C17H24O10. The molecule has 5 N–H and O–H groups in total. The number of Topliss-reactive ketones (excluding diaryl/α,β-unsaturated/α-hetero) is 1. The van der Waals surface area contributed by atoms with Crippen LogP contribution in [0.3, 0.4) is 0 Å². The molecule has 5 atom stereocenters. The maximum Gasteiger partial charge on any atom is 0.229 e. The lowest BCUT2D eigenvalue weighted by Crippen LogP contribution is -2.60. The predicted molar refractivity (Wildman–Crippen MR) is 90.0 cm³/mol. The summed E-state index contributed by atoms with van der Waals surface area (Å²) in [5.41, 5.74) is 0.0404. The lowest BCUT2D eigenvalue weighted by Gasteiger charge is -2.39. The molecule has 0 amide bonds. The largest absolute Gasteiger partial charge is 0.493 e. The molecule has 1 heterocycles. The normalized spacial score (nSPS) is 27.9. The van der Waals surface area contributed by atoms with E-state index < -0.39 is 43.1 Å². The third kappa shape index (κ3) is 4.49. The fraction of sp³-hybridized carbons (Fsp3) is 0.588. The topological polar surface area (TPSA) is 155 Å². The summed E-state index contributed by atoms with van der Waals surface area (Å²) in [6.07, 6.45) is -7.62. The summed E-state index contributed by atoms with van der Waals surface area (Å²) in [5.74, 6) is -0.0222. The van der Waals surface area contributed by atoms with Crippen molar-refractivity contribution in [3.63, 3.8) is 0 Å². The molecule has 10 heteroatoms. The Balaban J connectivity index is 2.39. The van der Waals surface area contributed by atoms with Crippen molar-refractivity contribution in [3.05, 3.63) is 17.7 Å². The van der Waals surface area contributed by atoms with Crippen molar-refractivity contribution in [2.45, 2.75) is 37.1 Å². The van der Waals surface area contributed by atoms with E-state index in [-0.39, 0.29) is 35.8 Å². The third-order valence-electron chi connectivity index (χ3n) is 4.22. The Hall–Kier alpha value is -1.95. The van der Waals surface area contributed by atoms with Crippen LogP contribution in [-0.2, 0) is 4.74 Å². The molecule has 1 aromatic carbocycles. The van der Waals surface area contributed by atoms with Gasteiger partial charge in [0.15, 0.2) is 17.3 Å². The first-order valence-corrected chi connectivity index (χ1v) is 8.25. The van der Waals surface area contributed by atoms with E-state index in [1.54, 1.807) is 0 Å². The highest BCUT2D eigenvalue weighted by molar-refractivity contribution is 5.99. The Kier molecular flexibility index (Phi) is 7.36. The number of ketones is 1. The van der Waals surface area contributed by atoms with Crippen LogP contribution >= 0.6 is 0 Å². The van der Waals surface area contributed by atoms with E-state index in [1.165, 1.54) is 26.4 Å². The lowest BCUT2D eigenvalue weighted by molar-refractivity contribution is -0.277. The number of aliphatic hydroxyl groups is 5. The molecule has 0 unspecified atom stereocenters. The second-order valence-electron chi connectivity index (χ2n) is 5.92. The predicted octanol–water partition coefficient (Wildman–Crippen LogP) is -1.55. The smallest absolute Gasteiger partial charge is 0.229 e. The van der Waals surface area contributed by atoms with Gasteiger partial charge in [-0.25, -0.2) is 0 Å². The number of benzene rings is 1. The van der Waals surface area contributed by atoms with Crippen LogP contribution in [0.15, 0.2) is 12.1 Å². The highest BCUT2D eigenvalue weighted by atomic mass is 16.7. The molecule has 0 spiro atoms. The number of carbonyl (C=O) groups excluding carboxylic acids is 1. The molecule has 1 saturated heterocycles. The molecule has 0 bridgehead atoms. The van der Waals surface area contributed by atoms with Gasteiger partial charge in [-0.05, 0) is 6.07 Å². The number of aliphatic hydroxyl groups excluding tert-OH is 5. The Morgan fingerprint density at radius 3 is 2.19 bits per heavy atom. The fourth-order valence-corrected chi connectivity index (χ4v) is 2.70. The number of hydrogen-bond donors (Lipinski definition) is 5. The molecule has 0 aromatic heterocycles. The Morgan fingerprint density at radius 1 is 1.00 bits per heavy atom. The number of methoxy groups -OCH3 is 2. The van der Waals surface area contributed by atoms with Crippen LogP contribution in [0.25, 0.3) is 0 Å². The first-order chi connectivity index (χ1) is 12.9. The van der Waals surface area contributed by atoms with E-state index >= 15 is 0 Å². The van der Waals surface area contributed by atoms with Crippen molar-refractivity contribution in [1.82, 2.24) is 0 Å². The highest BCUT2D eigenvalue weighted by Gasteiger charge is 2.45. The Morgan fingerprint density at radius 2 is 1.63 bits per heavy atom. The molecule has 27 heavy (non-hydrogen) atoms. The maximum absolute atomic E-state index is 12.3. The lowest BCUT2D eigenvalue weighted by atomic mass is 9.99. The molecule has 152 valence electrons. The van der Waals surface area contributed by atoms with E-state index in [9.17, 15) is 25.2 Å². The first-order valence-electron chi connectivity index (χ1n) is 8.25. The summed E-state index contributed by atoms with van der Waals surface area (Å²) in [6, 6.07) is 2.70. The van der Waals surface area contributed by atoms with Crippen LogP contribution in [0.4, 0.5) is 0 Å². The molecule has 0 aliphatic carbocycles. The fourth-order valence-electron chi connectivity index (χ4n) is 2.70. The Bertz CT molecular complexity index is 647. The van der Waals surface area contributed by atoms with Gasteiger partial charge in [0.05, 0.1) is 33.0 Å². The van der Waals surface area contributed by atoms with Crippen molar-refractivity contribution in [2.75, 3.05) is 27.4 Å². The second kappa shape index (κ2) is 9.31. The third-order valence-corrected chi connectivity index (χ3v) is 4.22. The number of rotatable bonds is 8. The second-order valence-corrected chi connectivity index (χ2v) is 5.92. The molecule has 1 aliphatic heterocycles. The summed E-state index contributed by atoms with van der Waals surface area (Å²) in [7, 11) is 2.76. The van der Waals surface area contributed by atoms with Gasteiger partial charge >= 0.3 is 0 Å². The molecule has 10 nitrogen and oxygen atoms in total. The van der Waals surface area contributed by atoms with Crippen LogP contribution in [0.2, 0.25) is 0 Å². The van der Waals surface area contributed by atoms with Gasteiger partial charge < -0.3 is 44.5 Å². The average molecular weight is 388 g/mol. The number of ether oxygens (including phenoxy) is 4. The van der Waals surface area contributed by atoms with E-state index in [2.05, 4.69) is 0 Å². The first kappa shape index (κ1) is 21.4. The van der Waals surface area contributed by atoms with Crippen LogP contribution in [0.1, 0.15) is 16.8 Å². The standard InChI is InChI=1S/C17H24O10/c1-24-11-5-8(9(20)3-4-18)10(6-12(11)25-2)26-17-16(23)15(22)14(21)13(7-19)27-17/h5-6,13-19,21-23H,3-4,7H2,1-2H3/t13-,14-,15+,16-,17-/m1/s1. The van der Waals surface area contributed by atoms with Gasteiger partial charge in [0.1, 0.15) is 30.2 Å². The van der Waals surface area contributed by atoms with E-state index in [0.717, 1.165) is 0 Å². The van der Waals surface area contributed by atoms with E-state index in [1.807, 2.05) is 0 Å². The Labute approximate surface area is 155 Å². The molecular weight excluding hydrogens is 364 g/mol. The zero-order valence-corrected chi connectivity index (χ0v) is 14.9. The maximum atomic E-state index is 12.3. The summed E-state index contributed by atoms with van der Waals surface area (Å²) in [4.78, 5) is 12.3. The molecule has 1 aromatic rings. The van der Waals surface area contributed by atoms with Crippen molar-refractivity contribution >= 4 is 5.78 Å². The zero-order chi connectivity index (χ0) is 20.1. The van der Waals surface area contributed by atoms with E-state index in [4.69, 9.17) is 24.1 Å². The summed E-state index contributed by atoms with van der Waals surface area (Å²) in [5, 5.41) is 48.1. The van der Waals surface area contributed by atoms with Crippen molar-refractivity contribution < 1.29 is 49.3 Å². The van der Waals surface area contributed by atoms with Gasteiger partial charge in [0.2, 0.25) is 6.29 Å². The number of hydrogen-bond acceptors (Lipinski definition) is 10. The van der Waals surface area contributed by atoms with Crippen LogP contribution in [0, 0.1) is 0 Å². The average Bonchev–Trinajstić information content (AvgIpc) is 2.67. The van der Waals surface area contributed by atoms with Gasteiger partial charge in [-0.2, -0.15) is 0 Å². The van der Waals surface area contributed by atoms with Crippen molar-refractivity contribution in [2.24, 2.45) is 0 Å². The summed E-state index contributed by atoms with van der Waals surface area (Å²) in [6.45, 7) is -1.00. The zero-order valence-electron chi connectivity index (χ0n) is 14.9. The SMILES string of the molecule is COc1cc(O[C@@H]2O[C@H](CO)[C@@H](O)[C@H](O)[C@H]2O)c(C(=O)CCO)cc1OC. The molecule has 1 fully saturated rings. The minimum atomic E-state index is -1.64. The monoisotopic (exact) mass is 388 g/mol. The molecule has 2 rings (SSSR count). The van der Waals surface area contributed by atoms with Crippen LogP contribution < -0.4 is 14.2 Å². The quantitative estimate of drug-likeness (QED) is 0.330. The van der Waals surface area contributed by atoms with Gasteiger partial charge in [0, 0.05) is 12.5 Å². The molecule has 1 aliphatic rings. The number of carbonyl (C=O) groups is 1. The molecule has 0 radical (unpaired) electrons. The van der Waals surface area contributed by atoms with Gasteiger partial charge in [-0.3, -0.25) is 4.79 Å². The summed E-state index contributed by atoms with van der Waals surface area (Å²) < 4.78 is 21.2. The molecule has 0 saturated carbocycles. The van der Waals surface area contributed by atoms with Crippen LogP contribution in [-0.4, -0.2) is 89.5 Å². The van der Waals surface area contributed by atoms with Gasteiger partial charge in [-0.15, -0.1) is 0 Å². The van der Waals surface area contributed by atoms with Crippen molar-refractivity contribution in [1.29, 1.82) is 0 Å². The van der Waals surface area contributed by atoms with Gasteiger partial charge in [0.25, 0.3) is 0 Å². The minimum Gasteiger partial charge on any atom is -0.493 e. The highest BCUT2D eigenvalue weighted by Crippen LogP contribution is 2.37.